The summed E-state index contributed by atoms with van der Waals surface area (Å²) in [6.45, 7) is 12.2. The number of nitrogens with two attached hydrogens (primary N) is 2. The lowest BCUT2D eigenvalue weighted by Crippen LogP contribution is -2.33. The van der Waals surface area contributed by atoms with Crippen LogP contribution in [0.25, 0.3) is 0 Å². The highest BCUT2D eigenvalue weighted by Crippen LogP contribution is 2.13. The topological polar surface area (TPSA) is 197 Å². The number of amides is 2. The molecule has 0 rings (SSSR count). The molecular weight excluding hydrogens is 625 g/mol. The van der Waals surface area contributed by atoms with E-state index in [1.807, 2.05) is 0 Å². The molecule has 0 aliphatic carbocycles. The third kappa shape index (κ3) is 33.0. The molecule has 0 aromatic rings. The Hall–Kier alpha value is -1.46. The second-order valence-electron chi connectivity index (χ2n) is 10.3. The molecule has 2 amide bonds. The van der Waals surface area contributed by atoms with Crippen LogP contribution in [0, 0.1) is 0 Å². The number of rotatable bonds is 16. The lowest BCUT2D eigenvalue weighted by molar-refractivity contribution is -0.115. The van der Waals surface area contributed by atoms with Crippen LogP contribution in [0.2, 0.25) is 0 Å². The maximum atomic E-state index is 11.8. The van der Waals surface area contributed by atoms with E-state index in [0.717, 1.165) is 23.5 Å². The van der Waals surface area contributed by atoms with Gasteiger partial charge in [0.25, 0.3) is 0 Å². The van der Waals surface area contributed by atoms with Crippen LogP contribution in [0.3, 0.4) is 0 Å². The minimum atomic E-state index is -0.562. The molecule has 0 bridgehead atoms. The molecule has 0 aromatic heterocycles. The summed E-state index contributed by atoms with van der Waals surface area (Å²) in [7, 11) is 0. The summed E-state index contributed by atoms with van der Waals surface area (Å²) in [5.74, 6) is 2.09. The van der Waals surface area contributed by atoms with Crippen molar-refractivity contribution in [2.24, 2.45) is 11.5 Å². The number of ether oxygens (including phenoxy) is 2. The monoisotopic (exact) mass is 672 g/mol. The zero-order valence-corrected chi connectivity index (χ0v) is 28.8. The molecule has 0 aromatic carbocycles. The van der Waals surface area contributed by atoms with Crippen molar-refractivity contribution in [3.8, 4) is 0 Å². The van der Waals surface area contributed by atoms with Crippen LogP contribution in [0.4, 0.5) is 9.59 Å². The number of nitrogens with one attached hydrogen (secondary N) is 2. The van der Waals surface area contributed by atoms with Crippen molar-refractivity contribution >= 4 is 79.7 Å². The van der Waals surface area contributed by atoms with Gasteiger partial charge in [-0.1, -0.05) is 47.0 Å². The smallest absolute Gasteiger partial charge is 0.407 e. The summed E-state index contributed by atoms with van der Waals surface area (Å²) >= 11 is 4.53. The summed E-state index contributed by atoms with van der Waals surface area (Å²) in [6, 6.07) is 0. The SMILES string of the molecule is CC(C)(C)OC(=O)NCCSC(=O)CCC(=O)SCCNC(=O)OC(C)(C)C.NCCSC(=O)CCC(=O)SCCN. The van der Waals surface area contributed by atoms with Crippen molar-refractivity contribution in [2.75, 3.05) is 49.2 Å². The predicted molar refractivity (Wildman–Crippen MR) is 175 cm³/mol. The van der Waals surface area contributed by atoms with Crippen molar-refractivity contribution in [3.63, 3.8) is 0 Å². The lowest BCUT2D eigenvalue weighted by atomic mass is 10.2. The number of alkyl carbamates (subject to hydrolysis) is 2. The molecule has 16 heteroatoms. The van der Waals surface area contributed by atoms with Gasteiger partial charge in [-0.3, -0.25) is 19.2 Å². The number of carbonyl (C=O) groups is 6. The summed E-state index contributed by atoms with van der Waals surface area (Å²) in [5, 5.41) is 5.00. The summed E-state index contributed by atoms with van der Waals surface area (Å²) in [5.41, 5.74) is 9.36. The van der Waals surface area contributed by atoms with Crippen LogP contribution in [-0.4, -0.2) is 93.0 Å². The zero-order valence-electron chi connectivity index (χ0n) is 25.5. The fraction of sp³-hybridized carbons (Fsp3) is 0.769. The first kappa shape index (κ1) is 42.7. The molecule has 0 aliphatic heterocycles. The maximum Gasteiger partial charge on any atom is 0.407 e. The van der Waals surface area contributed by atoms with Gasteiger partial charge in [0.2, 0.25) is 0 Å². The molecule has 0 spiro atoms. The van der Waals surface area contributed by atoms with Crippen molar-refractivity contribution in [3.05, 3.63) is 0 Å². The Labute approximate surface area is 266 Å². The average Bonchev–Trinajstić information content (AvgIpc) is 2.87. The molecular formula is C26H48N4O8S4. The summed E-state index contributed by atoms with van der Waals surface area (Å²) < 4.78 is 10.2. The second kappa shape index (κ2) is 24.9. The van der Waals surface area contributed by atoms with Gasteiger partial charge in [0.05, 0.1) is 0 Å². The summed E-state index contributed by atoms with van der Waals surface area (Å²) in [6.07, 6.45) is -0.147. The molecule has 0 saturated carbocycles. The first-order valence-corrected chi connectivity index (χ1v) is 17.4. The average molecular weight is 673 g/mol. The van der Waals surface area contributed by atoms with E-state index in [1.165, 1.54) is 23.5 Å². The van der Waals surface area contributed by atoms with Crippen LogP contribution < -0.4 is 22.1 Å². The van der Waals surface area contributed by atoms with E-state index in [1.54, 1.807) is 41.5 Å². The third-order valence-electron chi connectivity index (χ3n) is 3.89. The minimum Gasteiger partial charge on any atom is -0.444 e. The molecule has 6 N–H and O–H groups in total. The minimum absolute atomic E-state index is 0.0390. The first-order valence-electron chi connectivity index (χ1n) is 13.5. The Morgan fingerprint density at radius 2 is 0.786 bits per heavy atom. The van der Waals surface area contributed by atoms with Crippen molar-refractivity contribution in [1.82, 2.24) is 10.6 Å². The molecule has 42 heavy (non-hydrogen) atoms. The van der Waals surface area contributed by atoms with E-state index in [-0.39, 0.29) is 33.3 Å². The van der Waals surface area contributed by atoms with Crippen LogP contribution >= 0.6 is 47.0 Å². The molecule has 0 aliphatic rings. The Bertz CT molecular complexity index is 781. The molecule has 0 heterocycles. The van der Waals surface area contributed by atoms with Crippen LogP contribution in [0.15, 0.2) is 0 Å². The highest BCUT2D eigenvalue weighted by molar-refractivity contribution is 8.14. The Morgan fingerprint density at radius 3 is 1.02 bits per heavy atom. The van der Waals surface area contributed by atoms with Gasteiger partial charge in [-0.25, -0.2) is 9.59 Å². The van der Waals surface area contributed by atoms with Crippen LogP contribution in [0.5, 0.6) is 0 Å². The quantitative estimate of drug-likeness (QED) is 0.174. The van der Waals surface area contributed by atoms with Gasteiger partial charge in [-0.2, -0.15) is 0 Å². The maximum absolute atomic E-state index is 11.8. The largest absolute Gasteiger partial charge is 0.444 e. The van der Waals surface area contributed by atoms with Gasteiger partial charge in [0.15, 0.2) is 20.5 Å². The summed E-state index contributed by atoms with van der Waals surface area (Å²) in [4.78, 5) is 68.6. The van der Waals surface area contributed by atoms with Crippen molar-refractivity contribution < 1.29 is 38.2 Å². The highest BCUT2D eigenvalue weighted by atomic mass is 32.2. The van der Waals surface area contributed by atoms with Crippen molar-refractivity contribution in [1.29, 1.82) is 0 Å². The molecule has 244 valence electrons. The van der Waals surface area contributed by atoms with E-state index in [9.17, 15) is 28.8 Å². The number of carbonyl (C=O) groups excluding carboxylic acids is 6. The van der Waals surface area contributed by atoms with E-state index in [2.05, 4.69) is 10.6 Å². The normalized spacial score (nSPS) is 11.0. The fourth-order valence-corrected chi connectivity index (χ4v) is 4.85. The van der Waals surface area contributed by atoms with E-state index >= 15 is 0 Å². The Morgan fingerprint density at radius 1 is 0.524 bits per heavy atom. The van der Waals surface area contributed by atoms with E-state index in [0.29, 0.717) is 62.0 Å². The number of hydrogen-bond donors (Lipinski definition) is 4. The predicted octanol–water partition coefficient (Wildman–Crippen LogP) is 3.54. The van der Waals surface area contributed by atoms with E-state index in [4.69, 9.17) is 20.9 Å². The fourth-order valence-electron chi connectivity index (χ4n) is 2.31. The van der Waals surface area contributed by atoms with Gasteiger partial charge in [0, 0.05) is 74.9 Å². The molecule has 0 fully saturated rings. The first-order chi connectivity index (χ1) is 19.5. The van der Waals surface area contributed by atoms with Crippen molar-refractivity contribution in [2.45, 2.75) is 78.4 Å². The molecule has 0 saturated heterocycles. The standard InChI is InChI=1S/C18H32N2O6S2.C8H16N2O2S2/c1-17(2,3)25-15(23)19-9-11-27-13(21)7-8-14(22)28-12-10-20-16(24)26-18(4,5)6;9-3-5-13-7(11)1-2-8(12)14-6-4-10/h7-12H2,1-6H3,(H,19,23)(H,20,24);1-6,9-10H2. The van der Waals surface area contributed by atoms with Crippen LogP contribution in [0.1, 0.15) is 67.2 Å². The Balaban J connectivity index is 0. The molecule has 0 radical (unpaired) electrons. The van der Waals surface area contributed by atoms with E-state index < -0.39 is 23.4 Å². The third-order valence-corrected chi connectivity index (χ3v) is 7.70. The van der Waals surface area contributed by atoms with Gasteiger partial charge in [-0.15, -0.1) is 0 Å². The molecule has 12 nitrogen and oxygen atoms in total. The van der Waals surface area contributed by atoms with Crippen LogP contribution in [-0.2, 0) is 28.7 Å². The number of thioether (sulfide) groups is 4. The van der Waals surface area contributed by atoms with Gasteiger partial charge >= 0.3 is 12.2 Å². The lowest BCUT2D eigenvalue weighted by Gasteiger charge is -2.19. The molecule has 0 atom stereocenters. The molecule has 0 unspecified atom stereocenters. The van der Waals surface area contributed by atoms with Gasteiger partial charge < -0.3 is 31.6 Å². The highest BCUT2D eigenvalue weighted by Gasteiger charge is 2.17. The zero-order chi connectivity index (χ0) is 32.6. The Kier molecular flexibility index (Phi) is 25.3. The van der Waals surface area contributed by atoms with Gasteiger partial charge in [-0.05, 0) is 41.5 Å². The second-order valence-corrected chi connectivity index (χ2v) is 14.9. The number of hydrogen-bond acceptors (Lipinski definition) is 14. The van der Waals surface area contributed by atoms with Gasteiger partial charge in [0.1, 0.15) is 11.2 Å².